The highest BCUT2D eigenvalue weighted by Gasteiger charge is 2.51. The molecule has 1 aromatic rings. The average molecular weight is 600 g/mol. The SMILES string of the molecule is CC(C)(C)OC(=O)CN(CCC1(C(=O)OCc2ccccc2)CC1)C(=O)OCOP(=O)(OC(C)(C)C)OC(C)(C)C. The molecule has 0 aromatic heterocycles. The average Bonchev–Trinajstić information content (AvgIpc) is 3.58. The highest BCUT2D eigenvalue weighted by Crippen LogP contribution is 2.55. The quantitative estimate of drug-likeness (QED) is 0.109. The van der Waals surface area contributed by atoms with Gasteiger partial charge in [-0.2, -0.15) is 0 Å². The number of carbonyl (C=O) groups excluding carboxylic acids is 3. The van der Waals surface area contributed by atoms with E-state index in [2.05, 4.69) is 0 Å². The first-order valence-electron chi connectivity index (χ1n) is 13.7. The Hall–Kier alpha value is -2.46. The normalized spacial score (nSPS) is 15.1. The van der Waals surface area contributed by atoms with Gasteiger partial charge in [-0.25, -0.2) is 13.9 Å². The molecule has 11 nitrogen and oxygen atoms in total. The second-order valence-electron chi connectivity index (χ2n) is 13.1. The van der Waals surface area contributed by atoms with Gasteiger partial charge in [-0.1, -0.05) is 30.3 Å². The van der Waals surface area contributed by atoms with Crippen molar-refractivity contribution in [1.82, 2.24) is 4.90 Å². The molecule has 0 bridgehead atoms. The van der Waals surface area contributed by atoms with Crippen molar-refractivity contribution in [3.05, 3.63) is 35.9 Å². The van der Waals surface area contributed by atoms with Crippen LogP contribution >= 0.6 is 7.82 Å². The molecule has 1 aromatic carbocycles. The predicted octanol–water partition coefficient (Wildman–Crippen LogP) is 6.39. The van der Waals surface area contributed by atoms with E-state index in [1.165, 1.54) is 0 Å². The van der Waals surface area contributed by atoms with Gasteiger partial charge >= 0.3 is 25.9 Å². The molecule has 12 heteroatoms. The maximum Gasteiger partial charge on any atom is 0.478 e. The Bertz CT molecular complexity index is 1060. The van der Waals surface area contributed by atoms with Crippen molar-refractivity contribution < 1.29 is 46.7 Å². The van der Waals surface area contributed by atoms with E-state index >= 15 is 0 Å². The summed E-state index contributed by atoms with van der Waals surface area (Å²) in [7, 11) is -4.13. The monoisotopic (exact) mass is 599 g/mol. The molecule has 232 valence electrons. The Balaban J connectivity index is 2.05. The fraction of sp³-hybridized carbons (Fsp3) is 0.690. The Morgan fingerprint density at radius 3 is 1.90 bits per heavy atom. The third kappa shape index (κ3) is 13.4. The number of hydrogen-bond acceptors (Lipinski definition) is 10. The number of phosphoric ester groups is 1. The molecule has 1 amide bonds. The Morgan fingerprint density at radius 2 is 1.41 bits per heavy atom. The van der Waals surface area contributed by atoms with E-state index in [0.29, 0.717) is 12.8 Å². The van der Waals surface area contributed by atoms with E-state index in [-0.39, 0.29) is 25.5 Å². The van der Waals surface area contributed by atoms with Crippen LogP contribution in [0.1, 0.15) is 87.1 Å². The van der Waals surface area contributed by atoms with Crippen LogP contribution in [0.3, 0.4) is 0 Å². The fourth-order valence-corrected chi connectivity index (χ4v) is 5.34. The van der Waals surface area contributed by atoms with E-state index in [0.717, 1.165) is 10.5 Å². The van der Waals surface area contributed by atoms with Gasteiger partial charge in [0.2, 0.25) is 6.79 Å². The van der Waals surface area contributed by atoms with Gasteiger partial charge in [0.05, 0.1) is 16.6 Å². The van der Waals surface area contributed by atoms with Gasteiger partial charge in [0.1, 0.15) is 18.8 Å². The summed E-state index contributed by atoms with van der Waals surface area (Å²) >= 11 is 0. The van der Waals surface area contributed by atoms with Gasteiger partial charge in [0.25, 0.3) is 0 Å². The minimum absolute atomic E-state index is 0.0210. The molecule has 1 aliphatic rings. The maximum atomic E-state index is 13.2. The molecule has 1 aliphatic carbocycles. The number of esters is 2. The van der Waals surface area contributed by atoms with Crippen molar-refractivity contribution in [3.63, 3.8) is 0 Å². The molecule has 0 saturated heterocycles. The molecule has 0 aliphatic heterocycles. The van der Waals surface area contributed by atoms with Crippen LogP contribution in [-0.2, 0) is 48.5 Å². The first-order valence-corrected chi connectivity index (χ1v) is 15.2. The van der Waals surface area contributed by atoms with E-state index in [4.69, 9.17) is 27.8 Å². The summed E-state index contributed by atoms with van der Waals surface area (Å²) in [4.78, 5) is 39.6. The molecule has 41 heavy (non-hydrogen) atoms. The smallest absolute Gasteiger partial charge is 0.460 e. The molecular formula is C29H46NO10P. The van der Waals surface area contributed by atoms with E-state index in [1.807, 2.05) is 30.3 Å². The van der Waals surface area contributed by atoms with E-state index in [1.54, 1.807) is 62.3 Å². The van der Waals surface area contributed by atoms with Crippen LogP contribution in [0.4, 0.5) is 4.79 Å². The zero-order valence-corrected chi connectivity index (χ0v) is 26.7. The maximum absolute atomic E-state index is 13.2. The van der Waals surface area contributed by atoms with Gasteiger partial charge in [0.15, 0.2) is 0 Å². The minimum Gasteiger partial charge on any atom is -0.460 e. The molecule has 1 fully saturated rings. The van der Waals surface area contributed by atoms with E-state index < -0.39 is 55.4 Å². The van der Waals surface area contributed by atoms with Crippen molar-refractivity contribution in [1.29, 1.82) is 0 Å². The topological polar surface area (TPSA) is 127 Å². The molecule has 0 spiro atoms. The number of hydrogen-bond donors (Lipinski definition) is 0. The summed E-state index contributed by atoms with van der Waals surface area (Å²) in [5.74, 6) is -1.00. The van der Waals surface area contributed by atoms with E-state index in [9.17, 15) is 18.9 Å². The lowest BCUT2D eigenvalue weighted by Gasteiger charge is -2.31. The Kier molecular flexibility index (Phi) is 11.6. The van der Waals surface area contributed by atoms with Crippen molar-refractivity contribution in [3.8, 4) is 0 Å². The number of rotatable bonds is 13. The molecule has 2 rings (SSSR count). The van der Waals surface area contributed by atoms with Crippen LogP contribution in [0.15, 0.2) is 30.3 Å². The molecule has 0 atom stereocenters. The Labute approximate surface area is 243 Å². The van der Waals surface area contributed by atoms with Crippen LogP contribution in [0, 0.1) is 5.41 Å². The summed E-state index contributed by atoms with van der Waals surface area (Å²) in [6, 6.07) is 9.34. The minimum atomic E-state index is -4.13. The van der Waals surface area contributed by atoms with Crippen LogP contribution in [-0.4, -0.2) is 59.6 Å². The number of amides is 1. The molecule has 1 saturated carbocycles. The lowest BCUT2D eigenvalue weighted by molar-refractivity contribution is -0.156. The number of phosphoric acid groups is 1. The first kappa shape index (κ1) is 34.7. The largest absolute Gasteiger partial charge is 0.478 e. The van der Waals surface area contributed by atoms with Crippen molar-refractivity contribution in [2.24, 2.45) is 5.41 Å². The summed E-state index contributed by atoms with van der Waals surface area (Å²) in [5, 5.41) is 0. The van der Waals surface area contributed by atoms with Gasteiger partial charge in [-0.15, -0.1) is 0 Å². The predicted molar refractivity (Wildman–Crippen MR) is 152 cm³/mol. The third-order valence-electron chi connectivity index (χ3n) is 5.52. The second kappa shape index (κ2) is 13.7. The van der Waals surface area contributed by atoms with Crippen molar-refractivity contribution in [2.75, 3.05) is 19.9 Å². The zero-order chi connectivity index (χ0) is 31.1. The van der Waals surface area contributed by atoms with Crippen LogP contribution in [0.25, 0.3) is 0 Å². The summed E-state index contributed by atoms with van der Waals surface area (Å²) in [6.07, 6.45) is 0.563. The highest BCUT2D eigenvalue weighted by atomic mass is 31.2. The summed E-state index contributed by atoms with van der Waals surface area (Å²) in [6.45, 7) is 14.2. The van der Waals surface area contributed by atoms with Gasteiger partial charge in [-0.3, -0.25) is 23.5 Å². The highest BCUT2D eigenvalue weighted by molar-refractivity contribution is 7.48. The molecule has 0 heterocycles. The molecule has 0 radical (unpaired) electrons. The Morgan fingerprint density at radius 1 is 0.854 bits per heavy atom. The number of ether oxygens (including phenoxy) is 3. The summed E-state index contributed by atoms with van der Waals surface area (Å²) in [5.41, 5.74) is -2.39. The van der Waals surface area contributed by atoms with Gasteiger partial charge in [0, 0.05) is 6.54 Å². The molecule has 0 unspecified atom stereocenters. The number of nitrogens with zero attached hydrogens (tertiary/aromatic N) is 1. The number of benzene rings is 1. The zero-order valence-electron chi connectivity index (χ0n) is 25.8. The standard InChI is InChI=1S/C29H46NO10P/c1-26(2,3)38-23(31)19-30(18-17-29(15-16-29)24(32)35-20-22-13-11-10-12-14-22)25(33)36-21-37-41(34,39-27(4,5)6)40-28(7,8)9/h10-14H,15-21H2,1-9H3. The lowest BCUT2D eigenvalue weighted by Crippen LogP contribution is -2.41. The molecular weight excluding hydrogens is 553 g/mol. The summed E-state index contributed by atoms with van der Waals surface area (Å²) < 4.78 is 45.7. The van der Waals surface area contributed by atoms with Crippen molar-refractivity contribution >= 4 is 25.9 Å². The van der Waals surface area contributed by atoms with Gasteiger partial charge in [-0.05, 0) is 87.1 Å². The lowest BCUT2D eigenvalue weighted by atomic mass is 10.0. The third-order valence-corrected chi connectivity index (χ3v) is 7.49. The first-order chi connectivity index (χ1) is 18.7. The van der Waals surface area contributed by atoms with Crippen molar-refractivity contribution in [2.45, 2.75) is 105 Å². The van der Waals surface area contributed by atoms with Crippen LogP contribution < -0.4 is 0 Å². The van der Waals surface area contributed by atoms with Crippen LogP contribution in [0.5, 0.6) is 0 Å². The number of carbonyl (C=O) groups is 3. The van der Waals surface area contributed by atoms with Crippen LogP contribution in [0.2, 0.25) is 0 Å². The second-order valence-corrected chi connectivity index (χ2v) is 14.6. The fourth-order valence-electron chi connectivity index (χ4n) is 3.67. The van der Waals surface area contributed by atoms with Gasteiger partial charge < -0.3 is 14.2 Å². The molecule has 0 N–H and O–H groups in total.